The van der Waals surface area contributed by atoms with Crippen molar-refractivity contribution < 1.29 is 24.2 Å². The molecule has 2 aromatic rings. The van der Waals surface area contributed by atoms with Gasteiger partial charge in [0, 0.05) is 24.0 Å². The Labute approximate surface area is 186 Å². The number of H-pyrrole nitrogens is 1. The number of likely N-dealkylation sites (tertiary alicyclic amines) is 1. The summed E-state index contributed by atoms with van der Waals surface area (Å²) in [6.45, 7) is 4.39. The van der Waals surface area contributed by atoms with E-state index in [-0.39, 0.29) is 17.0 Å². The summed E-state index contributed by atoms with van der Waals surface area (Å²) in [6.07, 6.45) is 2.23. The first-order valence-electron chi connectivity index (χ1n) is 10.3. The van der Waals surface area contributed by atoms with Crippen molar-refractivity contribution in [2.45, 2.75) is 26.3 Å². The van der Waals surface area contributed by atoms with Crippen molar-refractivity contribution in [2.75, 3.05) is 34.3 Å². The number of pyridine rings is 1. The van der Waals surface area contributed by atoms with Gasteiger partial charge in [-0.3, -0.25) is 14.6 Å². The second-order valence-electron chi connectivity index (χ2n) is 8.02. The van der Waals surface area contributed by atoms with E-state index in [0.717, 1.165) is 6.54 Å². The number of carbonyl (C=O) groups is 3. The highest BCUT2D eigenvalue weighted by molar-refractivity contribution is 6.46. The monoisotopic (exact) mass is 440 g/mol. The number of Topliss-reactive ketones (excluding diaryl/α,β-unsaturated/α-hetero) is 1. The van der Waals surface area contributed by atoms with Crippen molar-refractivity contribution >= 4 is 23.4 Å². The number of ether oxygens (including phenoxy) is 1. The zero-order valence-corrected chi connectivity index (χ0v) is 18.9. The summed E-state index contributed by atoms with van der Waals surface area (Å²) >= 11 is 0. The molecule has 32 heavy (non-hydrogen) atoms. The normalized spacial score (nSPS) is 17.9. The van der Waals surface area contributed by atoms with Gasteiger partial charge < -0.3 is 24.6 Å². The first-order valence-corrected chi connectivity index (χ1v) is 10.3. The van der Waals surface area contributed by atoms with E-state index in [1.165, 1.54) is 12.0 Å². The molecule has 1 atom stereocenters. The lowest BCUT2D eigenvalue weighted by molar-refractivity contribution is -0.140. The number of rotatable bonds is 7. The lowest BCUT2D eigenvalue weighted by Crippen LogP contribution is -2.32. The molecule has 0 radical (unpaired) electrons. The van der Waals surface area contributed by atoms with Crippen LogP contribution in [-0.4, -0.2) is 76.8 Å². The van der Waals surface area contributed by atoms with E-state index in [1.807, 2.05) is 19.0 Å². The van der Waals surface area contributed by atoms with Crippen LogP contribution in [0.2, 0.25) is 0 Å². The molecule has 0 spiro atoms. The van der Waals surface area contributed by atoms with Crippen LogP contribution in [0, 0.1) is 13.8 Å². The molecule has 1 fully saturated rings. The number of aliphatic hydroxyl groups is 1. The van der Waals surface area contributed by atoms with E-state index in [0.29, 0.717) is 35.5 Å². The molecule has 9 nitrogen and oxygen atoms in total. The van der Waals surface area contributed by atoms with Gasteiger partial charge in [-0.25, -0.2) is 4.79 Å². The van der Waals surface area contributed by atoms with Gasteiger partial charge in [-0.15, -0.1) is 0 Å². The standard InChI is InChI=1S/C23H28N4O5/c1-13-16(14(2)25-18(13)23(31)32-5)20(28)17-19(15-9-6-7-10-24-15)27(22(30)21(17)29)12-8-11-26(3)4/h6-7,9-10,19,25,28H,8,11-12H2,1-5H3. The molecule has 1 unspecified atom stereocenters. The van der Waals surface area contributed by atoms with Crippen molar-refractivity contribution in [2.24, 2.45) is 0 Å². The highest BCUT2D eigenvalue weighted by atomic mass is 16.5. The Balaban J connectivity index is 2.15. The third-order valence-corrected chi connectivity index (χ3v) is 5.58. The minimum atomic E-state index is -0.825. The fourth-order valence-corrected chi connectivity index (χ4v) is 4.06. The Morgan fingerprint density at radius 3 is 2.59 bits per heavy atom. The molecule has 3 rings (SSSR count). The topological polar surface area (TPSA) is 116 Å². The van der Waals surface area contributed by atoms with Crippen molar-refractivity contribution in [3.63, 3.8) is 0 Å². The van der Waals surface area contributed by atoms with Gasteiger partial charge in [0.2, 0.25) is 0 Å². The quantitative estimate of drug-likeness (QED) is 0.293. The summed E-state index contributed by atoms with van der Waals surface area (Å²) in [5, 5.41) is 11.3. The van der Waals surface area contributed by atoms with Gasteiger partial charge in [-0.1, -0.05) is 6.07 Å². The number of amides is 1. The van der Waals surface area contributed by atoms with E-state index in [9.17, 15) is 19.5 Å². The molecule has 0 saturated carbocycles. The molecule has 0 aromatic carbocycles. The zero-order chi connectivity index (χ0) is 23.6. The smallest absolute Gasteiger partial charge is 0.354 e. The number of aromatic nitrogens is 2. The zero-order valence-electron chi connectivity index (χ0n) is 18.9. The Morgan fingerprint density at radius 2 is 2.00 bits per heavy atom. The third-order valence-electron chi connectivity index (χ3n) is 5.58. The van der Waals surface area contributed by atoms with Crippen LogP contribution in [0.5, 0.6) is 0 Å². The number of aromatic amines is 1. The maximum atomic E-state index is 13.1. The molecule has 9 heteroatoms. The molecule has 170 valence electrons. The first kappa shape index (κ1) is 23.2. The Hall–Kier alpha value is -3.46. The highest BCUT2D eigenvalue weighted by Crippen LogP contribution is 2.40. The lowest BCUT2D eigenvalue weighted by Gasteiger charge is -2.25. The van der Waals surface area contributed by atoms with Gasteiger partial charge in [0.1, 0.15) is 17.5 Å². The third kappa shape index (κ3) is 4.16. The fourth-order valence-electron chi connectivity index (χ4n) is 4.06. The average Bonchev–Trinajstić information content (AvgIpc) is 3.20. The lowest BCUT2D eigenvalue weighted by atomic mass is 9.96. The second-order valence-corrected chi connectivity index (χ2v) is 8.02. The molecule has 0 bridgehead atoms. The van der Waals surface area contributed by atoms with Gasteiger partial charge in [0.25, 0.3) is 11.7 Å². The molecule has 0 aliphatic carbocycles. The number of carbonyl (C=O) groups excluding carboxylic acids is 3. The van der Waals surface area contributed by atoms with Crippen molar-refractivity contribution in [3.05, 3.63) is 58.2 Å². The van der Waals surface area contributed by atoms with Crippen LogP contribution in [0.3, 0.4) is 0 Å². The summed E-state index contributed by atoms with van der Waals surface area (Å²) in [4.78, 5) is 48.8. The maximum absolute atomic E-state index is 13.1. The summed E-state index contributed by atoms with van der Waals surface area (Å²) in [5.74, 6) is -2.38. The molecule has 1 saturated heterocycles. The van der Waals surface area contributed by atoms with Gasteiger partial charge in [0.15, 0.2) is 0 Å². The fraction of sp³-hybridized carbons (Fsp3) is 0.391. The minimum absolute atomic E-state index is 0.0415. The summed E-state index contributed by atoms with van der Waals surface area (Å²) in [6, 6.07) is 4.41. The van der Waals surface area contributed by atoms with E-state index in [4.69, 9.17) is 4.74 Å². The number of aryl methyl sites for hydroxylation is 1. The number of methoxy groups -OCH3 is 1. The number of nitrogens with one attached hydrogen (secondary N) is 1. The Kier molecular flexibility index (Phi) is 6.78. The minimum Gasteiger partial charge on any atom is -0.507 e. The van der Waals surface area contributed by atoms with E-state index in [2.05, 4.69) is 9.97 Å². The Bertz CT molecular complexity index is 1070. The predicted octanol–water partition coefficient (Wildman–Crippen LogP) is 2.19. The van der Waals surface area contributed by atoms with Crippen molar-refractivity contribution in [1.82, 2.24) is 19.8 Å². The van der Waals surface area contributed by atoms with Crippen LogP contribution in [0.1, 0.15) is 45.5 Å². The van der Waals surface area contributed by atoms with Crippen molar-refractivity contribution in [3.8, 4) is 0 Å². The molecule has 1 aliphatic rings. The van der Waals surface area contributed by atoms with E-state index < -0.39 is 23.7 Å². The first-order chi connectivity index (χ1) is 15.2. The number of hydrogen-bond donors (Lipinski definition) is 2. The van der Waals surface area contributed by atoms with Crippen LogP contribution in [0.15, 0.2) is 30.0 Å². The largest absolute Gasteiger partial charge is 0.507 e. The average molecular weight is 441 g/mol. The maximum Gasteiger partial charge on any atom is 0.354 e. The number of hydrogen-bond acceptors (Lipinski definition) is 7. The van der Waals surface area contributed by atoms with Gasteiger partial charge in [-0.2, -0.15) is 0 Å². The number of ketones is 1. The molecule has 1 amide bonds. The predicted molar refractivity (Wildman–Crippen MR) is 118 cm³/mol. The van der Waals surface area contributed by atoms with Crippen molar-refractivity contribution in [1.29, 1.82) is 0 Å². The van der Waals surface area contributed by atoms with Gasteiger partial charge in [-0.05, 0) is 58.6 Å². The molecule has 2 N–H and O–H groups in total. The Morgan fingerprint density at radius 1 is 1.28 bits per heavy atom. The molecule has 3 heterocycles. The summed E-state index contributed by atoms with van der Waals surface area (Å²) in [5.41, 5.74) is 1.85. The van der Waals surface area contributed by atoms with Crippen LogP contribution in [0.4, 0.5) is 0 Å². The van der Waals surface area contributed by atoms with E-state index >= 15 is 0 Å². The summed E-state index contributed by atoms with van der Waals surface area (Å²) < 4.78 is 4.79. The van der Waals surface area contributed by atoms with Crippen LogP contribution < -0.4 is 0 Å². The van der Waals surface area contributed by atoms with Crippen LogP contribution >= 0.6 is 0 Å². The number of nitrogens with zero attached hydrogens (tertiary/aromatic N) is 3. The second kappa shape index (κ2) is 9.35. The molecule has 1 aliphatic heterocycles. The molecular formula is C23H28N4O5. The highest BCUT2D eigenvalue weighted by Gasteiger charge is 2.47. The number of aliphatic hydroxyl groups excluding tert-OH is 1. The molecule has 2 aromatic heterocycles. The van der Waals surface area contributed by atoms with Crippen LogP contribution in [0.25, 0.3) is 5.76 Å². The molecular weight excluding hydrogens is 412 g/mol. The van der Waals surface area contributed by atoms with Gasteiger partial charge in [0.05, 0.1) is 18.4 Å². The number of esters is 1. The van der Waals surface area contributed by atoms with Crippen LogP contribution in [-0.2, 0) is 14.3 Å². The summed E-state index contributed by atoms with van der Waals surface area (Å²) in [7, 11) is 5.12. The van der Waals surface area contributed by atoms with E-state index in [1.54, 1.807) is 38.2 Å². The SMILES string of the molecule is COC(=O)c1[nH]c(C)c(C(O)=C2C(=O)C(=O)N(CCCN(C)C)C2c2ccccn2)c1C. The van der Waals surface area contributed by atoms with Gasteiger partial charge >= 0.3 is 5.97 Å².